The largest absolute Gasteiger partial charge is 0.389 e. The predicted molar refractivity (Wildman–Crippen MR) is 72.1 cm³/mol. The first-order valence-corrected chi connectivity index (χ1v) is 6.25. The molecule has 6 nitrogen and oxygen atoms in total. The zero-order valence-corrected chi connectivity index (χ0v) is 12.2. The van der Waals surface area contributed by atoms with Crippen LogP contribution >= 0.6 is 0 Å². The molecule has 0 aliphatic carbocycles. The lowest BCUT2D eigenvalue weighted by molar-refractivity contribution is 0.0607. The molecule has 0 saturated heterocycles. The van der Waals surface area contributed by atoms with Gasteiger partial charge in [0.2, 0.25) is 0 Å². The highest BCUT2D eigenvalue weighted by Crippen LogP contribution is 2.21. The van der Waals surface area contributed by atoms with Crippen molar-refractivity contribution in [3.63, 3.8) is 0 Å². The minimum absolute atomic E-state index is 0.105. The first-order chi connectivity index (χ1) is 8.75. The molecule has 2 N–H and O–H groups in total. The lowest BCUT2D eigenvalue weighted by Gasteiger charge is -2.13. The van der Waals surface area contributed by atoms with Crippen molar-refractivity contribution >= 4 is 5.91 Å². The van der Waals surface area contributed by atoms with Crippen LogP contribution in [-0.2, 0) is 17.2 Å². The summed E-state index contributed by atoms with van der Waals surface area (Å²) in [4.78, 5) is 12.0. The Balaban J connectivity index is 2.70. The lowest BCUT2D eigenvalue weighted by atomic mass is 9.92. The van der Waals surface area contributed by atoms with E-state index in [1.54, 1.807) is 17.8 Å². The van der Waals surface area contributed by atoms with E-state index in [0.717, 1.165) is 5.69 Å². The zero-order valence-electron chi connectivity index (χ0n) is 12.2. The van der Waals surface area contributed by atoms with Crippen LogP contribution < -0.4 is 5.32 Å². The Labute approximate surface area is 113 Å². The number of hydrogen-bond donors (Lipinski definition) is 2. The molecule has 6 heteroatoms. The number of aryl methyl sites for hydroxylation is 1. The fourth-order valence-corrected chi connectivity index (χ4v) is 1.60. The molecule has 108 valence electrons. The van der Waals surface area contributed by atoms with Crippen molar-refractivity contribution in [1.29, 1.82) is 0 Å². The fraction of sp³-hybridized carbons (Fsp3) is 0.692. The second-order valence-corrected chi connectivity index (χ2v) is 5.61. The summed E-state index contributed by atoms with van der Waals surface area (Å²) in [5, 5.41) is 16.5. The van der Waals surface area contributed by atoms with Crippen molar-refractivity contribution < 1.29 is 14.6 Å². The van der Waals surface area contributed by atoms with Crippen LogP contribution in [0, 0.1) is 0 Å². The normalized spacial score (nSPS) is 13.4. The molecule has 0 spiro atoms. The molecule has 1 heterocycles. The van der Waals surface area contributed by atoms with E-state index in [-0.39, 0.29) is 24.5 Å². The highest BCUT2D eigenvalue weighted by atomic mass is 16.5. The second-order valence-electron chi connectivity index (χ2n) is 5.61. The monoisotopic (exact) mass is 269 g/mol. The molecule has 1 amide bonds. The number of rotatable bonds is 5. The molecule has 0 radical (unpaired) electrons. The van der Waals surface area contributed by atoms with Gasteiger partial charge in [0.1, 0.15) is 5.69 Å². The van der Waals surface area contributed by atoms with Crippen LogP contribution in [0.1, 0.15) is 37.0 Å². The molecule has 0 fully saturated rings. The molecular weight excluding hydrogens is 246 g/mol. The minimum Gasteiger partial charge on any atom is -0.389 e. The number of ether oxygens (including phenoxy) is 1. The Bertz CT molecular complexity index is 435. The molecule has 0 saturated carbocycles. The van der Waals surface area contributed by atoms with Gasteiger partial charge in [-0.05, 0) is 6.07 Å². The summed E-state index contributed by atoms with van der Waals surface area (Å²) in [6.07, 6.45) is -0.704. The molecular formula is C13H23N3O3. The van der Waals surface area contributed by atoms with Crippen LogP contribution in [0.25, 0.3) is 0 Å². The number of nitrogens with zero attached hydrogens (tertiary/aromatic N) is 2. The number of amides is 1. The summed E-state index contributed by atoms with van der Waals surface area (Å²) in [6.45, 7) is 6.47. The van der Waals surface area contributed by atoms with Gasteiger partial charge in [0.15, 0.2) is 0 Å². The van der Waals surface area contributed by atoms with Gasteiger partial charge in [-0.3, -0.25) is 9.48 Å². The van der Waals surface area contributed by atoms with E-state index in [1.807, 2.05) is 20.8 Å². The summed E-state index contributed by atoms with van der Waals surface area (Å²) in [6, 6.07) is 1.78. The Morgan fingerprint density at radius 1 is 1.58 bits per heavy atom. The number of methoxy groups -OCH3 is 1. The third kappa shape index (κ3) is 4.33. The van der Waals surface area contributed by atoms with Crippen molar-refractivity contribution in [3.05, 3.63) is 17.5 Å². The van der Waals surface area contributed by atoms with Gasteiger partial charge in [0, 0.05) is 26.1 Å². The highest BCUT2D eigenvalue weighted by molar-refractivity contribution is 5.92. The fourth-order valence-electron chi connectivity index (χ4n) is 1.60. The molecule has 1 aromatic rings. The van der Waals surface area contributed by atoms with E-state index >= 15 is 0 Å². The maximum atomic E-state index is 12.0. The van der Waals surface area contributed by atoms with Gasteiger partial charge in [0.05, 0.1) is 18.4 Å². The van der Waals surface area contributed by atoms with E-state index < -0.39 is 6.10 Å². The SMILES string of the molecule is COCC(O)CNC(=O)c1cc(C(C)(C)C)nn1C. The van der Waals surface area contributed by atoms with Gasteiger partial charge in [-0.25, -0.2) is 0 Å². The van der Waals surface area contributed by atoms with Crippen molar-refractivity contribution in [1.82, 2.24) is 15.1 Å². The topological polar surface area (TPSA) is 76.4 Å². The molecule has 1 rings (SSSR count). The van der Waals surface area contributed by atoms with Crippen molar-refractivity contribution in [2.45, 2.75) is 32.3 Å². The van der Waals surface area contributed by atoms with Crippen molar-refractivity contribution in [3.8, 4) is 0 Å². The molecule has 1 atom stereocenters. The maximum absolute atomic E-state index is 12.0. The second kappa shape index (κ2) is 6.16. The number of carbonyl (C=O) groups excluding carboxylic acids is 1. The van der Waals surface area contributed by atoms with Gasteiger partial charge in [-0.1, -0.05) is 20.8 Å². The van der Waals surface area contributed by atoms with E-state index in [1.165, 1.54) is 7.11 Å². The molecule has 19 heavy (non-hydrogen) atoms. The molecule has 1 aromatic heterocycles. The van der Waals surface area contributed by atoms with E-state index in [9.17, 15) is 9.90 Å². The van der Waals surface area contributed by atoms with Crippen LogP contribution in [0.2, 0.25) is 0 Å². The summed E-state index contributed by atoms with van der Waals surface area (Å²) in [5.41, 5.74) is 1.23. The quantitative estimate of drug-likeness (QED) is 0.814. The number of aliphatic hydroxyl groups excluding tert-OH is 1. The van der Waals surface area contributed by atoms with E-state index in [4.69, 9.17) is 4.74 Å². The number of aliphatic hydroxyl groups is 1. The smallest absolute Gasteiger partial charge is 0.269 e. The summed E-state index contributed by atoms with van der Waals surface area (Å²) >= 11 is 0. The Morgan fingerprint density at radius 3 is 2.68 bits per heavy atom. The van der Waals surface area contributed by atoms with Gasteiger partial charge in [-0.2, -0.15) is 5.10 Å². The van der Waals surface area contributed by atoms with E-state index in [2.05, 4.69) is 10.4 Å². The molecule has 0 aromatic carbocycles. The van der Waals surface area contributed by atoms with Crippen LogP contribution in [0.5, 0.6) is 0 Å². The van der Waals surface area contributed by atoms with Gasteiger partial charge < -0.3 is 15.2 Å². The van der Waals surface area contributed by atoms with Crippen LogP contribution in [0.3, 0.4) is 0 Å². The summed E-state index contributed by atoms with van der Waals surface area (Å²) < 4.78 is 6.35. The average Bonchev–Trinajstić information content (AvgIpc) is 2.68. The minimum atomic E-state index is -0.704. The molecule has 0 bridgehead atoms. The van der Waals surface area contributed by atoms with Gasteiger partial charge in [0.25, 0.3) is 5.91 Å². The first kappa shape index (κ1) is 15.7. The Kier molecular flexibility index (Phi) is 5.08. The number of aromatic nitrogens is 2. The third-order valence-electron chi connectivity index (χ3n) is 2.74. The van der Waals surface area contributed by atoms with E-state index in [0.29, 0.717) is 5.69 Å². The van der Waals surface area contributed by atoms with Crippen molar-refractivity contribution in [2.75, 3.05) is 20.3 Å². The van der Waals surface area contributed by atoms with Gasteiger partial charge >= 0.3 is 0 Å². The first-order valence-electron chi connectivity index (χ1n) is 6.25. The van der Waals surface area contributed by atoms with Crippen molar-refractivity contribution in [2.24, 2.45) is 7.05 Å². The predicted octanol–water partition coefficient (Wildman–Crippen LogP) is 0.455. The van der Waals surface area contributed by atoms with Crippen LogP contribution in [0.15, 0.2) is 6.07 Å². The molecule has 0 aliphatic rings. The number of hydrogen-bond acceptors (Lipinski definition) is 4. The standard InChI is InChI=1S/C13H23N3O3/c1-13(2,3)11-6-10(16(4)15-11)12(18)14-7-9(17)8-19-5/h6,9,17H,7-8H2,1-5H3,(H,14,18). The Hall–Kier alpha value is -1.40. The van der Waals surface area contributed by atoms with Gasteiger partial charge in [-0.15, -0.1) is 0 Å². The third-order valence-corrected chi connectivity index (χ3v) is 2.74. The number of carbonyl (C=O) groups is 1. The maximum Gasteiger partial charge on any atom is 0.269 e. The van der Waals surface area contributed by atoms with Crippen LogP contribution in [-0.4, -0.2) is 47.2 Å². The Morgan fingerprint density at radius 2 is 2.21 bits per heavy atom. The highest BCUT2D eigenvalue weighted by Gasteiger charge is 2.21. The average molecular weight is 269 g/mol. The number of nitrogens with one attached hydrogen (secondary N) is 1. The summed E-state index contributed by atoms with van der Waals surface area (Å²) in [5.74, 6) is -0.249. The summed E-state index contributed by atoms with van der Waals surface area (Å²) in [7, 11) is 3.23. The van der Waals surface area contributed by atoms with Crippen LogP contribution in [0.4, 0.5) is 0 Å². The lowest BCUT2D eigenvalue weighted by Crippen LogP contribution is -2.35. The molecule has 1 unspecified atom stereocenters. The zero-order chi connectivity index (χ0) is 14.6. The molecule has 0 aliphatic heterocycles.